The summed E-state index contributed by atoms with van der Waals surface area (Å²) in [5, 5.41) is 3.53. The highest BCUT2D eigenvalue weighted by molar-refractivity contribution is 5.29. The number of furan rings is 1. The first-order valence-corrected chi connectivity index (χ1v) is 6.56. The van der Waals surface area contributed by atoms with Crippen LogP contribution in [0.25, 0.3) is 0 Å². The maximum absolute atomic E-state index is 5.64. The van der Waals surface area contributed by atoms with Crippen molar-refractivity contribution in [2.75, 3.05) is 7.11 Å². The lowest BCUT2D eigenvalue weighted by Gasteiger charge is -2.19. The van der Waals surface area contributed by atoms with Crippen LogP contribution in [0.2, 0.25) is 0 Å². The molecule has 2 rings (SSSR count). The molecule has 0 fully saturated rings. The van der Waals surface area contributed by atoms with Crippen molar-refractivity contribution < 1.29 is 9.15 Å². The Hall–Kier alpha value is -1.74. The number of methoxy groups -OCH3 is 1. The molecule has 2 atom stereocenters. The molecule has 0 spiro atoms. The van der Waals surface area contributed by atoms with Gasteiger partial charge in [-0.25, -0.2) is 0 Å². The number of hydrogen-bond donors (Lipinski definition) is 1. The fraction of sp³-hybridized carbons (Fsp3) is 0.375. The Balaban J connectivity index is 2.01. The average molecular weight is 259 g/mol. The van der Waals surface area contributed by atoms with Crippen LogP contribution in [0, 0.1) is 6.92 Å². The second kappa shape index (κ2) is 5.93. The van der Waals surface area contributed by atoms with E-state index >= 15 is 0 Å². The molecule has 0 aliphatic heterocycles. The summed E-state index contributed by atoms with van der Waals surface area (Å²) >= 11 is 0. The lowest BCUT2D eigenvalue weighted by molar-refractivity contribution is 0.391. The monoisotopic (exact) mass is 259 g/mol. The van der Waals surface area contributed by atoms with Crippen LogP contribution in [-0.4, -0.2) is 7.11 Å². The Bertz CT molecular complexity index is 516. The van der Waals surface area contributed by atoms with Crippen molar-refractivity contribution >= 4 is 0 Å². The molecule has 1 heterocycles. The molecule has 19 heavy (non-hydrogen) atoms. The van der Waals surface area contributed by atoms with Gasteiger partial charge in [0.2, 0.25) is 0 Å². The average Bonchev–Trinajstić information content (AvgIpc) is 2.85. The van der Waals surface area contributed by atoms with Crippen molar-refractivity contribution in [2.24, 2.45) is 0 Å². The molecule has 1 aromatic carbocycles. The van der Waals surface area contributed by atoms with Gasteiger partial charge < -0.3 is 14.5 Å². The van der Waals surface area contributed by atoms with Crippen molar-refractivity contribution in [2.45, 2.75) is 32.9 Å². The van der Waals surface area contributed by atoms with E-state index in [2.05, 4.69) is 31.3 Å². The van der Waals surface area contributed by atoms with Gasteiger partial charge in [-0.15, -0.1) is 0 Å². The minimum Gasteiger partial charge on any atom is -0.497 e. The highest BCUT2D eigenvalue weighted by atomic mass is 16.5. The molecule has 0 saturated carbocycles. The lowest BCUT2D eigenvalue weighted by Crippen LogP contribution is -2.22. The lowest BCUT2D eigenvalue weighted by atomic mass is 10.1. The third kappa shape index (κ3) is 3.38. The fourth-order valence-electron chi connectivity index (χ4n) is 2.13. The van der Waals surface area contributed by atoms with E-state index in [1.54, 1.807) is 7.11 Å². The minimum atomic E-state index is 0.186. The number of benzene rings is 1. The maximum Gasteiger partial charge on any atom is 0.120 e. The van der Waals surface area contributed by atoms with Crippen molar-refractivity contribution in [3.63, 3.8) is 0 Å². The smallest absolute Gasteiger partial charge is 0.120 e. The molecule has 1 aromatic heterocycles. The van der Waals surface area contributed by atoms with Crippen molar-refractivity contribution in [3.8, 4) is 5.75 Å². The Morgan fingerprint density at radius 1 is 1.00 bits per heavy atom. The maximum atomic E-state index is 5.64. The van der Waals surface area contributed by atoms with Crippen molar-refractivity contribution in [1.29, 1.82) is 0 Å². The first kappa shape index (κ1) is 13.7. The van der Waals surface area contributed by atoms with Gasteiger partial charge in [-0.1, -0.05) is 12.1 Å². The molecule has 1 N–H and O–H groups in total. The van der Waals surface area contributed by atoms with Crippen LogP contribution in [0.1, 0.15) is 43.0 Å². The van der Waals surface area contributed by atoms with Crippen LogP contribution in [0.3, 0.4) is 0 Å². The quantitative estimate of drug-likeness (QED) is 0.881. The molecule has 102 valence electrons. The second-order valence-electron chi connectivity index (χ2n) is 4.83. The van der Waals surface area contributed by atoms with Gasteiger partial charge in [0.05, 0.1) is 13.2 Å². The summed E-state index contributed by atoms with van der Waals surface area (Å²) in [5.74, 6) is 2.80. The molecule has 3 nitrogen and oxygen atoms in total. The van der Waals surface area contributed by atoms with Gasteiger partial charge in [0.25, 0.3) is 0 Å². The number of ether oxygens (including phenoxy) is 1. The summed E-state index contributed by atoms with van der Waals surface area (Å²) in [6.45, 7) is 6.22. The predicted octanol–water partition coefficient (Wildman–Crippen LogP) is 4.01. The zero-order valence-corrected chi connectivity index (χ0v) is 11.9. The number of aryl methyl sites for hydroxylation is 1. The van der Waals surface area contributed by atoms with Gasteiger partial charge in [0.1, 0.15) is 17.3 Å². The van der Waals surface area contributed by atoms with E-state index in [4.69, 9.17) is 9.15 Å². The van der Waals surface area contributed by atoms with E-state index in [-0.39, 0.29) is 12.1 Å². The van der Waals surface area contributed by atoms with E-state index in [0.717, 1.165) is 17.3 Å². The molecule has 2 aromatic rings. The van der Waals surface area contributed by atoms with Gasteiger partial charge in [0.15, 0.2) is 0 Å². The Morgan fingerprint density at radius 3 is 2.21 bits per heavy atom. The first-order valence-electron chi connectivity index (χ1n) is 6.56. The summed E-state index contributed by atoms with van der Waals surface area (Å²) in [6.07, 6.45) is 0. The summed E-state index contributed by atoms with van der Waals surface area (Å²) < 4.78 is 10.8. The molecule has 0 aliphatic rings. The van der Waals surface area contributed by atoms with Gasteiger partial charge >= 0.3 is 0 Å². The third-order valence-corrected chi connectivity index (χ3v) is 3.30. The molecule has 0 amide bonds. The van der Waals surface area contributed by atoms with E-state index in [0.29, 0.717) is 0 Å². The van der Waals surface area contributed by atoms with Crippen LogP contribution >= 0.6 is 0 Å². The molecule has 1 unspecified atom stereocenters. The van der Waals surface area contributed by atoms with Crippen LogP contribution in [0.4, 0.5) is 0 Å². The predicted molar refractivity (Wildman–Crippen MR) is 76.4 cm³/mol. The summed E-state index contributed by atoms with van der Waals surface area (Å²) in [7, 11) is 1.68. The molecule has 3 heteroatoms. The first-order chi connectivity index (χ1) is 9.10. The third-order valence-electron chi connectivity index (χ3n) is 3.30. The SMILES string of the molecule is COc1ccc([C@H](C)NC(C)c2ccc(C)o2)cc1. The van der Waals surface area contributed by atoms with E-state index in [1.165, 1.54) is 5.56 Å². The van der Waals surface area contributed by atoms with Crippen LogP contribution in [0.5, 0.6) is 5.75 Å². The normalized spacial score (nSPS) is 14.1. The van der Waals surface area contributed by atoms with Gasteiger partial charge in [-0.2, -0.15) is 0 Å². The molecule has 0 aliphatic carbocycles. The largest absolute Gasteiger partial charge is 0.497 e. The second-order valence-corrected chi connectivity index (χ2v) is 4.83. The van der Waals surface area contributed by atoms with Crippen molar-refractivity contribution in [1.82, 2.24) is 5.32 Å². The highest BCUT2D eigenvalue weighted by Gasteiger charge is 2.13. The topological polar surface area (TPSA) is 34.4 Å². The molecule has 0 bridgehead atoms. The van der Waals surface area contributed by atoms with Crippen LogP contribution in [0.15, 0.2) is 40.8 Å². The van der Waals surface area contributed by atoms with Gasteiger partial charge in [-0.3, -0.25) is 0 Å². The summed E-state index contributed by atoms with van der Waals surface area (Å²) in [5.41, 5.74) is 1.23. The van der Waals surface area contributed by atoms with Gasteiger partial charge in [-0.05, 0) is 50.6 Å². The number of hydrogen-bond acceptors (Lipinski definition) is 3. The number of nitrogens with one attached hydrogen (secondary N) is 1. The molecular weight excluding hydrogens is 238 g/mol. The van der Waals surface area contributed by atoms with Gasteiger partial charge in [0, 0.05) is 6.04 Å². The van der Waals surface area contributed by atoms with Crippen LogP contribution in [-0.2, 0) is 0 Å². The zero-order chi connectivity index (χ0) is 13.8. The summed E-state index contributed by atoms with van der Waals surface area (Å²) in [6, 6.07) is 12.6. The standard InChI is InChI=1S/C16H21NO2/c1-11-5-10-16(19-11)13(3)17-12(2)14-6-8-15(18-4)9-7-14/h5-10,12-13,17H,1-4H3/t12-,13?/m0/s1. The van der Waals surface area contributed by atoms with Crippen LogP contribution < -0.4 is 10.1 Å². The fourth-order valence-corrected chi connectivity index (χ4v) is 2.13. The number of rotatable bonds is 5. The highest BCUT2D eigenvalue weighted by Crippen LogP contribution is 2.22. The summed E-state index contributed by atoms with van der Waals surface area (Å²) in [4.78, 5) is 0. The zero-order valence-electron chi connectivity index (χ0n) is 11.9. The van der Waals surface area contributed by atoms with E-state index in [1.807, 2.05) is 31.2 Å². The van der Waals surface area contributed by atoms with Crippen molar-refractivity contribution in [3.05, 3.63) is 53.5 Å². The Kier molecular flexibility index (Phi) is 4.27. The molecule has 0 saturated heterocycles. The van der Waals surface area contributed by atoms with E-state index < -0.39 is 0 Å². The molecule has 0 radical (unpaired) electrons. The Morgan fingerprint density at radius 2 is 1.68 bits per heavy atom. The Labute approximate surface area is 114 Å². The minimum absolute atomic E-state index is 0.186. The molecular formula is C16H21NO2. The van der Waals surface area contributed by atoms with E-state index in [9.17, 15) is 0 Å².